The second-order valence-electron chi connectivity index (χ2n) is 11.6. The lowest BCUT2D eigenvalue weighted by Gasteiger charge is -2.15. The van der Waals surface area contributed by atoms with Crippen molar-refractivity contribution in [3.05, 3.63) is 144 Å². The molecule has 0 saturated heterocycles. The van der Waals surface area contributed by atoms with Gasteiger partial charge in [0.25, 0.3) is 0 Å². The molecular weight excluding hydrogens is 528 g/mol. The molecule has 1 N–H and O–H groups in total. The Hall–Kier alpha value is -5.48. The van der Waals surface area contributed by atoms with Crippen LogP contribution in [0.2, 0.25) is 0 Å². The van der Waals surface area contributed by atoms with E-state index in [0.717, 1.165) is 57.8 Å². The molecule has 4 heteroatoms. The highest BCUT2D eigenvalue weighted by Crippen LogP contribution is 2.44. The predicted molar refractivity (Wildman–Crippen MR) is 174 cm³/mol. The van der Waals surface area contributed by atoms with Crippen molar-refractivity contribution >= 4 is 60.0 Å². The van der Waals surface area contributed by atoms with Gasteiger partial charge in [-0.15, -0.1) is 0 Å². The molecule has 6 aromatic carbocycles. The largest absolute Gasteiger partial charge is 0.469 e. The fourth-order valence-electron chi connectivity index (χ4n) is 7.39. The van der Waals surface area contributed by atoms with Crippen molar-refractivity contribution in [3.8, 4) is 5.69 Å². The highest BCUT2D eigenvalue weighted by Gasteiger charge is 2.34. The Morgan fingerprint density at radius 3 is 1.93 bits per heavy atom. The summed E-state index contributed by atoms with van der Waals surface area (Å²) in [6.45, 7) is 0. The maximum Gasteiger partial charge on any atom is 0.196 e. The molecule has 0 fully saturated rings. The molecule has 1 aliphatic carbocycles. The minimum absolute atomic E-state index is 0.232. The Kier molecular flexibility index (Phi) is 4.58. The molecule has 0 spiro atoms. The highest BCUT2D eigenvalue weighted by molar-refractivity contribution is 6.28. The quantitative estimate of drug-likeness (QED) is 0.231. The van der Waals surface area contributed by atoms with E-state index in [1.807, 2.05) is 12.1 Å². The molecule has 8 aromatic rings. The van der Waals surface area contributed by atoms with E-state index in [0.29, 0.717) is 0 Å². The van der Waals surface area contributed by atoms with E-state index in [9.17, 15) is 0 Å². The molecular formula is C39H26N2O2. The molecule has 0 saturated carbocycles. The third kappa shape index (κ3) is 3.21. The lowest BCUT2D eigenvalue weighted by molar-refractivity contribution is 0.123. The molecule has 4 nitrogen and oxygen atoms in total. The summed E-state index contributed by atoms with van der Waals surface area (Å²) < 4.78 is 15.1. The molecule has 0 radical (unpaired) electrons. The first-order valence-corrected chi connectivity index (χ1v) is 14.9. The first-order valence-electron chi connectivity index (χ1n) is 14.9. The standard InChI is InChI=1S/C39H26N2O2/c1-3-9-27-23(7-1)15-19-30-35(27)36-28-10-4-2-8-24(28)16-20-31(36)41(30)26-17-13-25(14-18-26)39-40-38-34(43-39)22-21-33-37(38)29-11-5-6-12-32(29)42-33/h1-20,39-40H,21-22H2. The van der Waals surface area contributed by atoms with Crippen LogP contribution in [-0.2, 0) is 11.2 Å². The topological polar surface area (TPSA) is 39.3 Å². The lowest BCUT2D eigenvalue weighted by atomic mass is 9.98. The van der Waals surface area contributed by atoms with Gasteiger partial charge >= 0.3 is 0 Å². The zero-order valence-electron chi connectivity index (χ0n) is 23.3. The molecule has 204 valence electrons. The first kappa shape index (κ1) is 23.1. The maximum absolute atomic E-state index is 6.51. The van der Waals surface area contributed by atoms with Crippen molar-refractivity contribution in [3.63, 3.8) is 0 Å². The van der Waals surface area contributed by atoms with E-state index in [-0.39, 0.29) is 6.23 Å². The molecule has 1 aliphatic heterocycles. The molecule has 1 unspecified atom stereocenters. The van der Waals surface area contributed by atoms with E-state index < -0.39 is 0 Å². The fourth-order valence-corrected chi connectivity index (χ4v) is 7.39. The van der Waals surface area contributed by atoms with Gasteiger partial charge in [0, 0.05) is 40.3 Å². The molecule has 2 aromatic heterocycles. The first-order chi connectivity index (χ1) is 21.3. The van der Waals surface area contributed by atoms with Crippen molar-refractivity contribution in [1.29, 1.82) is 0 Å². The number of aromatic nitrogens is 1. The second kappa shape index (κ2) is 8.52. The number of hydrogen-bond donors (Lipinski definition) is 1. The van der Waals surface area contributed by atoms with Crippen molar-refractivity contribution in [2.75, 3.05) is 0 Å². The summed E-state index contributed by atoms with van der Waals surface area (Å²) >= 11 is 0. The van der Waals surface area contributed by atoms with E-state index >= 15 is 0 Å². The average molecular weight is 555 g/mol. The SMILES string of the molecule is c1ccc2c(c1)ccc1c2c2c3ccccc3ccc2n1-c1ccc(C2NC3=C(CCc4oc5ccccc5c43)O2)cc1. The van der Waals surface area contributed by atoms with Crippen LogP contribution in [0.15, 0.2) is 132 Å². The van der Waals surface area contributed by atoms with Gasteiger partial charge in [0.2, 0.25) is 0 Å². The molecule has 1 atom stereocenters. The van der Waals surface area contributed by atoms with Gasteiger partial charge in [-0.25, -0.2) is 0 Å². The molecule has 2 aliphatic rings. The number of ether oxygens (including phenoxy) is 1. The van der Waals surface area contributed by atoms with Crippen LogP contribution in [0.5, 0.6) is 0 Å². The van der Waals surface area contributed by atoms with Crippen molar-refractivity contribution < 1.29 is 9.15 Å². The highest BCUT2D eigenvalue weighted by atomic mass is 16.5. The zero-order chi connectivity index (χ0) is 28.1. The normalized spacial score (nSPS) is 16.2. The number of allylic oxidation sites excluding steroid dienone is 1. The predicted octanol–water partition coefficient (Wildman–Crippen LogP) is 9.77. The van der Waals surface area contributed by atoms with Crippen LogP contribution in [0.25, 0.3) is 65.7 Å². The van der Waals surface area contributed by atoms with Crippen molar-refractivity contribution in [2.24, 2.45) is 0 Å². The summed E-state index contributed by atoms with van der Waals surface area (Å²) in [7, 11) is 0. The second-order valence-corrected chi connectivity index (χ2v) is 11.6. The third-order valence-corrected chi connectivity index (χ3v) is 9.31. The Morgan fingerprint density at radius 1 is 0.605 bits per heavy atom. The Bertz CT molecular complexity index is 2370. The van der Waals surface area contributed by atoms with Gasteiger partial charge in [-0.3, -0.25) is 0 Å². The smallest absolute Gasteiger partial charge is 0.196 e. The van der Waals surface area contributed by atoms with Crippen molar-refractivity contribution in [1.82, 2.24) is 9.88 Å². The number of fused-ring (bicyclic) bond motifs is 11. The monoisotopic (exact) mass is 554 g/mol. The van der Waals surface area contributed by atoms with E-state index in [2.05, 4.69) is 119 Å². The van der Waals surface area contributed by atoms with Gasteiger partial charge in [-0.05, 0) is 51.9 Å². The zero-order valence-corrected chi connectivity index (χ0v) is 23.3. The fraction of sp³-hybridized carbons (Fsp3) is 0.0769. The van der Waals surface area contributed by atoms with Crippen LogP contribution in [0.1, 0.15) is 29.5 Å². The maximum atomic E-state index is 6.51. The van der Waals surface area contributed by atoms with Crippen LogP contribution < -0.4 is 5.32 Å². The number of benzene rings is 6. The van der Waals surface area contributed by atoms with Gasteiger partial charge in [0.05, 0.1) is 22.3 Å². The van der Waals surface area contributed by atoms with Crippen LogP contribution in [0, 0.1) is 0 Å². The lowest BCUT2D eigenvalue weighted by Crippen LogP contribution is -2.15. The molecule has 43 heavy (non-hydrogen) atoms. The van der Waals surface area contributed by atoms with Crippen molar-refractivity contribution in [2.45, 2.75) is 19.1 Å². The minimum atomic E-state index is -0.232. The summed E-state index contributed by atoms with van der Waals surface area (Å²) in [5.41, 5.74) is 7.82. The van der Waals surface area contributed by atoms with Crippen LogP contribution in [0.4, 0.5) is 0 Å². The number of nitrogens with one attached hydrogen (secondary N) is 1. The Morgan fingerprint density at radius 2 is 1.23 bits per heavy atom. The summed E-state index contributed by atoms with van der Waals surface area (Å²) in [6, 6.07) is 43.5. The Labute approximate surface area is 247 Å². The number of rotatable bonds is 2. The van der Waals surface area contributed by atoms with Crippen LogP contribution in [0.3, 0.4) is 0 Å². The summed E-state index contributed by atoms with van der Waals surface area (Å²) in [5, 5.41) is 12.5. The van der Waals surface area contributed by atoms with Gasteiger partial charge in [-0.1, -0.05) is 91.0 Å². The van der Waals surface area contributed by atoms with Crippen LogP contribution >= 0.6 is 0 Å². The number of furan rings is 1. The van der Waals surface area contributed by atoms with Gasteiger partial charge in [0.1, 0.15) is 17.1 Å². The minimum Gasteiger partial charge on any atom is -0.469 e. The summed E-state index contributed by atoms with van der Waals surface area (Å²) in [5.74, 6) is 2.06. The Balaban J connectivity index is 1.09. The van der Waals surface area contributed by atoms with Crippen LogP contribution in [-0.4, -0.2) is 4.57 Å². The summed E-state index contributed by atoms with van der Waals surface area (Å²) in [4.78, 5) is 0. The molecule has 10 rings (SSSR count). The number of aryl methyl sites for hydroxylation is 1. The average Bonchev–Trinajstić information content (AvgIpc) is 3.76. The number of hydrogen-bond acceptors (Lipinski definition) is 3. The molecule has 0 amide bonds. The van der Waals surface area contributed by atoms with E-state index in [1.165, 1.54) is 43.4 Å². The van der Waals surface area contributed by atoms with E-state index in [4.69, 9.17) is 9.15 Å². The molecule has 3 heterocycles. The van der Waals surface area contributed by atoms with E-state index in [1.54, 1.807) is 0 Å². The summed E-state index contributed by atoms with van der Waals surface area (Å²) in [6.07, 6.45) is 1.46. The molecule has 0 bridgehead atoms. The van der Waals surface area contributed by atoms with Gasteiger partial charge < -0.3 is 19.0 Å². The number of nitrogens with zero attached hydrogens (tertiary/aromatic N) is 1. The number of para-hydroxylation sites is 1. The van der Waals surface area contributed by atoms with Gasteiger partial charge in [0.15, 0.2) is 6.23 Å². The third-order valence-electron chi connectivity index (χ3n) is 9.31. The van der Waals surface area contributed by atoms with Gasteiger partial charge in [-0.2, -0.15) is 0 Å².